The van der Waals surface area contributed by atoms with Crippen molar-refractivity contribution in [2.24, 2.45) is 0 Å². The lowest BCUT2D eigenvalue weighted by molar-refractivity contribution is -0.870. The Morgan fingerprint density at radius 3 is 1.52 bits per heavy atom. The average molecular weight is 809 g/mol. The van der Waals surface area contributed by atoms with Gasteiger partial charge in [0.15, 0.2) is 6.10 Å². The van der Waals surface area contributed by atoms with E-state index in [0.29, 0.717) is 17.4 Å². The molecule has 0 aromatic heterocycles. The van der Waals surface area contributed by atoms with E-state index in [2.05, 4.69) is 74.6 Å². The summed E-state index contributed by atoms with van der Waals surface area (Å²) in [7, 11) is 1.46. The first-order valence-electron chi connectivity index (χ1n) is 22.0. The molecule has 0 amide bonds. The van der Waals surface area contributed by atoms with Crippen LogP contribution in [0.2, 0.25) is 0 Å². The van der Waals surface area contributed by atoms with Gasteiger partial charge in [-0.2, -0.15) is 0 Å². The minimum absolute atomic E-state index is 0.0258. The van der Waals surface area contributed by atoms with Crippen LogP contribution < -0.4 is 0 Å². The zero-order valence-electron chi connectivity index (χ0n) is 36.3. The fourth-order valence-corrected chi connectivity index (χ4v) is 6.37. The van der Waals surface area contributed by atoms with Crippen LogP contribution in [0.3, 0.4) is 0 Å². The molecule has 0 bridgehead atoms. The summed E-state index contributed by atoms with van der Waals surface area (Å²) in [5.74, 6) is -0.824. The molecule has 0 spiro atoms. The highest BCUT2D eigenvalue weighted by Gasteiger charge is 2.27. The van der Waals surface area contributed by atoms with Gasteiger partial charge in [0, 0.05) is 12.8 Å². The summed E-state index contributed by atoms with van der Waals surface area (Å²) >= 11 is 0. The predicted molar refractivity (Wildman–Crippen MR) is 233 cm³/mol. The number of nitrogens with zero attached hydrogens (tertiary/aromatic N) is 1. The van der Waals surface area contributed by atoms with E-state index in [4.69, 9.17) is 18.5 Å². The monoisotopic (exact) mass is 809 g/mol. The van der Waals surface area contributed by atoms with Crippen molar-refractivity contribution in [1.82, 2.24) is 0 Å². The second-order valence-corrected chi connectivity index (χ2v) is 17.2. The van der Waals surface area contributed by atoms with Gasteiger partial charge in [-0.25, -0.2) is 4.57 Å². The molecular weight excluding hydrogens is 725 g/mol. The van der Waals surface area contributed by atoms with E-state index in [1.807, 2.05) is 21.1 Å². The van der Waals surface area contributed by atoms with E-state index in [-0.39, 0.29) is 32.0 Å². The Morgan fingerprint density at radius 1 is 0.571 bits per heavy atom. The normalized spacial score (nSPS) is 14.2. The highest BCUT2D eigenvalue weighted by Crippen LogP contribution is 2.43. The molecule has 0 aliphatic rings. The first-order chi connectivity index (χ1) is 27.0. The number of carbonyl (C=O) groups excluding carboxylic acids is 2. The molecular formula is C46H83NO8P+. The van der Waals surface area contributed by atoms with Crippen LogP contribution in [0.5, 0.6) is 0 Å². The molecule has 56 heavy (non-hydrogen) atoms. The van der Waals surface area contributed by atoms with E-state index >= 15 is 0 Å². The lowest BCUT2D eigenvalue weighted by Gasteiger charge is -2.24. The van der Waals surface area contributed by atoms with Crippen LogP contribution in [0.4, 0.5) is 0 Å². The van der Waals surface area contributed by atoms with Crippen LogP contribution in [0.25, 0.3) is 0 Å². The van der Waals surface area contributed by atoms with Crippen LogP contribution in [0.15, 0.2) is 60.8 Å². The number of likely N-dealkylation sites (N-methyl/N-ethyl adjacent to an activating group) is 1. The number of hydrogen-bond donors (Lipinski definition) is 1. The van der Waals surface area contributed by atoms with Crippen LogP contribution in [-0.4, -0.2) is 74.9 Å². The summed E-state index contributed by atoms with van der Waals surface area (Å²) in [6.07, 6.45) is 45.5. The molecule has 324 valence electrons. The maximum atomic E-state index is 12.7. The Labute approximate surface area is 343 Å². The molecule has 0 radical (unpaired) electrons. The van der Waals surface area contributed by atoms with E-state index < -0.39 is 26.5 Å². The maximum absolute atomic E-state index is 12.7. The molecule has 2 atom stereocenters. The van der Waals surface area contributed by atoms with Crippen molar-refractivity contribution in [3.8, 4) is 0 Å². The summed E-state index contributed by atoms with van der Waals surface area (Å²) in [6, 6.07) is 0. The van der Waals surface area contributed by atoms with Crippen molar-refractivity contribution in [3.05, 3.63) is 60.8 Å². The van der Waals surface area contributed by atoms with Crippen molar-refractivity contribution in [2.75, 3.05) is 47.5 Å². The summed E-state index contributed by atoms with van der Waals surface area (Å²) in [4.78, 5) is 35.3. The number of rotatable bonds is 39. The molecule has 0 aliphatic heterocycles. The molecule has 2 unspecified atom stereocenters. The van der Waals surface area contributed by atoms with Crippen LogP contribution >= 0.6 is 7.82 Å². The third-order valence-electron chi connectivity index (χ3n) is 9.06. The average Bonchev–Trinajstić information content (AvgIpc) is 3.15. The second-order valence-electron chi connectivity index (χ2n) is 15.7. The maximum Gasteiger partial charge on any atom is 0.472 e. The van der Waals surface area contributed by atoms with E-state index in [9.17, 15) is 19.0 Å². The van der Waals surface area contributed by atoms with Gasteiger partial charge in [0.05, 0.1) is 27.7 Å². The van der Waals surface area contributed by atoms with Gasteiger partial charge in [0.1, 0.15) is 19.8 Å². The zero-order valence-corrected chi connectivity index (χ0v) is 37.2. The van der Waals surface area contributed by atoms with Gasteiger partial charge >= 0.3 is 19.8 Å². The predicted octanol–water partition coefficient (Wildman–Crippen LogP) is 12.5. The highest BCUT2D eigenvalue weighted by molar-refractivity contribution is 7.47. The van der Waals surface area contributed by atoms with Crippen molar-refractivity contribution in [1.29, 1.82) is 0 Å². The fraction of sp³-hybridized carbons (Fsp3) is 0.739. The molecule has 0 saturated heterocycles. The zero-order chi connectivity index (χ0) is 41.4. The van der Waals surface area contributed by atoms with Gasteiger partial charge in [-0.05, 0) is 57.8 Å². The Kier molecular flexibility index (Phi) is 36.7. The largest absolute Gasteiger partial charge is 0.472 e. The van der Waals surface area contributed by atoms with Crippen LogP contribution in [0.1, 0.15) is 168 Å². The van der Waals surface area contributed by atoms with Crippen LogP contribution in [0, 0.1) is 0 Å². The lowest BCUT2D eigenvalue weighted by Crippen LogP contribution is -2.37. The number of esters is 2. The number of quaternary nitrogens is 1. The molecule has 10 heteroatoms. The summed E-state index contributed by atoms with van der Waals surface area (Å²) in [5.41, 5.74) is 0. The molecule has 9 nitrogen and oxygen atoms in total. The van der Waals surface area contributed by atoms with Gasteiger partial charge < -0.3 is 18.9 Å². The molecule has 0 rings (SSSR count). The molecule has 0 fully saturated rings. The van der Waals surface area contributed by atoms with Gasteiger partial charge in [0.25, 0.3) is 0 Å². The quantitative estimate of drug-likeness (QED) is 0.0215. The van der Waals surface area contributed by atoms with Crippen molar-refractivity contribution >= 4 is 19.8 Å². The number of phosphoric acid groups is 1. The van der Waals surface area contributed by atoms with Gasteiger partial charge in [-0.15, -0.1) is 0 Å². The van der Waals surface area contributed by atoms with Gasteiger partial charge in [0.2, 0.25) is 0 Å². The molecule has 0 saturated carbocycles. The molecule has 0 aromatic rings. The molecule has 1 N–H and O–H groups in total. The standard InChI is InChI=1S/C46H82NO8P/c1-6-8-10-12-14-16-18-19-20-21-22-23-24-25-26-27-29-31-33-35-37-39-46(49)55-44(43-54-56(50,51)53-41-40-47(3,4)5)42-52-45(48)38-36-34-32-30-28-17-15-13-11-9-7-2/h8,10,14,16,19-20,22-23,25-26,44H,6-7,9,11-13,15,17-18,21,24,27-43H2,1-5H3/p+1/b10-8-,16-14-,20-19-,23-22-,26-25-. The summed E-state index contributed by atoms with van der Waals surface area (Å²) in [5, 5.41) is 0. The van der Waals surface area contributed by atoms with Crippen LogP contribution in [-0.2, 0) is 32.7 Å². The second kappa shape index (κ2) is 38.2. The SMILES string of the molecule is CC/C=C\C/C=C\C/C=C\C/C=C\C/C=C\CCCCCCCC(=O)OC(COC(=O)CCCCCCCCCCCCC)COP(=O)(O)OCC[N+](C)(C)C. The lowest BCUT2D eigenvalue weighted by atomic mass is 10.1. The first kappa shape index (κ1) is 53.7. The Morgan fingerprint density at radius 2 is 1.02 bits per heavy atom. The van der Waals surface area contributed by atoms with Crippen molar-refractivity contribution in [3.63, 3.8) is 0 Å². The third kappa shape index (κ3) is 41.3. The number of carbonyl (C=O) groups is 2. The molecule has 0 aromatic carbocycles. The summed E-state index contributed by atoms with van der Waals surface area (Å²) in [6.45, 7) is 4.26. The molecule has 0 heterocycles. The Hall–Kier alpha value is -2.29. The number of unbranched alkanes of at least 4 members (excludes halogenated alkanes) is 15. The van der Waals surface area contributed by atoms with Gasteiger partial charge in [-0.3, -0.25) is 18.6 Å². The first-order valence-corrected chi connectivity index (χ1v) is 23.5. The third-order valence-corrected chi connectivity index (χ3v) is 10.0. The Bertz CT molecular complexity index is 1140. The minimum atomic E-state index is -4.38. The van der Waals surface area contributed by atoms with Crippen molar-refractivity contribution in [2.45, 2.75) is 174 Å². The fourth-order valence-electron chi connectivity index (χ4n) is 5.63. The van der Waals surface area contributed by atoms with Gasteiger partial charge in [-0.1, -0.05) is 158 Å². The van der Waals surface area contributed by atoms with E-state index in [0.717, 1.165) is 83.5 Å². The number of allylic oxidation sites excluding steroid dienone is 10. The smallest absolute Gasteiger partial charge is 0.462 e. The number of phosphoric ester groups is 1. The topological polar surface area (TPSA) is 108 Å². The summed E-state index contributed by atoms with van der Waals surface area (Å²) < 4.78 is 34.3. The Balaban J connectivity index is 4.38. The highest BCUT2D eigenvalue weighted by atomic mass is 31.2. The van der Waals surface area contributed by atoms with E-state index in [1.165, 1.54) is 51.4 Å². The number of ether oxygens (including phenoxy) is 2. The number of hydrogen-bond acceptors (Lipinski definition) is 7. The molecule has 0 aliphatic carbocycles. The van der Waals surface area contributed by atoms with Crippen molar-refractivity contribution < 1.29 is 42.1 Å². The minimum Gasteiger partial charge on any atom is -0.462 e. The van der Waals surface area contributed by atoms with E-state index in [1.54, 1.807) is 0 Å².